The summed E-state index contributed by atoms with van der Waals surface area (Å²) in [5, 5.41) is 5.20. The van der Waals surface area contributed by atoms with Gasteiger partial charge in [-0.15, -0.1) is 0 Å². The summed E-state index contributed by atoms with van der Waals surface area (Å²) in [6.45, 7) is 2.30. The van der Waals surface area contributed by atoms with Gasteiger partial charge in [-0.2, -0.15) is 0 Å². The first-order chi connectivity index (χ1) is 9.51. The van der Waals surface area contributed by atoms with Gasteiger partial charge in [-0.3, -0.25) is 20.2 Å². The van der Waals surface area contributed by atoms with Crippen LogP contribution in [0.5, 0.6) is 5.75 Å². The Kier molecular flexibility index (Phi) is 4.36. The Labute approximate surface area is 125 Å². The molecule has 104 valence electrons. The summed E-state index contributed by atoms with van der Waals surface area (Å²) in [5.74, 6) is -0.569. The molecule has 1 aliphatic rings. The van der Waals surface area contributed by atoms with Gasteiger partial charge in [0.15, 0.2) is 5.11 Å². The molecule has 1 fully saturated rings. The molecule has 2 amide bonds. The van der Waals surface area contributed by atoms with Crippen molar-refractivity contribution < 1.29 is 14.3 Å². The van der Waals surface area contributed by atoms with Crippen LogP contribution in [0, 0.1) is 0 Å². The van der Waals surface area contributed by atoms with Crippen LogP contribution in [0.15, 0.2) is 23.8 Å². The fourth-order valence-corrected chi connectivity index (χ4v) is 2.05. The molecular weight excluding hydrogens is 300 g/mol. The molecule has 0 atom stereocenters. The highest BCUT2D eigenvalue weighted by molar-refractivity contribution is 7.80. The minimum absolute atomic E-state index is 0.00623. The number of rotatable bonds is 3. The molecule has 0 bridgehead atoms. The molecule has 2 rings (SSSR count). The fourth-order valence-electron chi connectivity index (χ4n) is 1.68. The second kappa shape index (κ2) is 6.02. The number of carbonyl (C=O) groups is 2. The Hall–Kier alpha value is -1.92. The van der Waals surface area contributed by atoms with Crippen molar-refractivity contribution in [1.29, 1.82) is 0 Å². The van der Waals surface area contributed by atoms with Crippen molar-refractivity contribution in [2.24, 2.45) is 0 Å². The van der Waals surface area contributed by atoms with Crippen LogP contribution in [0.1, 0.15) is 12.5 Å². The molecule has 0 saturated carbocycles. The number of hydrogen-bond acceptors (Lipinski definition) is 4. The lowest BCUT2D eigenvalue weighted by molar-refractivity contribution is -0.123. The van der Waals surface area contributed by atoms with Crippen molar-refractivity contribution in [3.05, 3.63) is 34.4 Å². The first-order valence-corrected chi connectivity index (χ1v) is 6.60. The molecule has 0 unspecified atom stereocenters. The summed E-state index contributed by atoms with van der Waals surface area (Å²) in [7, 11) is 0. The zero-order chi connectivity index (χ0) is 14.7. The molecule has 0 spiro atoms. The molecule has 0 aromatic heterocycles. The fraction of sp³-hybridized carbons (Fsp3) is 0.154. The number of halogens is 1. The number of amides is 2. The average molecular weight is 311 g/mol. The third kappa shape index (κ3) is 3.15. The summed E-state index contributed by atoms with van der Waals surface area (Å²) in [6.07, 6.45) is 1.42. The Morgan fingerprint density at radius 3 is 2.55 bits per heavy atom. The number of ether oxygens (including phenoxy) is 1. The van der Waals surface area contributed by atoms with Crippen LogP contribution in [0.25, 0.3) is 6.08 Å². The van der Waals surface area contributed by atoms with Crippen molar-refractivity contribution in [3.8, 4) is 5.75 Å². The second-order valence-electron chi connectivity index (χ2n) is 3.91. The van der Waals surface area contributed by atoms with Gasteiger partial charge in [-0.05, 0) is 43.4 Å². The summed E-state index contributed by atoms with van der Waals surface area (Å²) < 4.78 is 5.43. The van der Waals surface area contributed by atoms with Gasteiger partial charge < -0.3 is 4.74 Å². The number of nitrogens with one attached hydrogen (secondary N) is 2. The molecule has 1 aliphatic heterocycles. The normalized spacial score (nSPS) is 14.7. The van der Waals surface area contributed by atoms with Crippen LogP contribution in [0.3, 0.4) is 0 Å². The van der Waals surface area contributed by atoms with Crippen LogP contribution in [-0.2, 0) is 9.59 Å². The van der Waals surface area contributed by atoms with E-state index in [1.807, 2.05) is 6.92 Å². The molecule has 1 saturated heterocycles. The minimum atomic E-state index is -0.554. The topological polar surface area (TPSA) is 67.4 Å². The van der Waals surface area contributed by atoms with Crippen LogP contribution < -0.4 is 15.4 Å². The summed E-state index contributed by atoms with van der Waals surface area (Å²) >= 11 is 10.7. The van der Waals surface area contributed by atoms with E-state index in [-0.39, 0.29) is 10.7 Å². The third-order valence-electron chi connectivity index (χ3n) is 2.51. The van der Waals surface area contributed by atoms with E-state index in [4.69, 9.17) is 28.6 Å². The maximum absolute atomic E-state index is 11.8. The Bertz CT molecular complexity index is 606. The van der Waals surface area contributed by atoms with E-state index in [9.17, 15) is 9.59 Å². The van der Waals surface area contributed by atoms with Crippen LogP contribution >= 0.6 is 23.8 Å². The van der Waals surface area contributed by atoms with Crippen molar-refractivity contribution in [1.82, 2.24) is 10.6 Å². The second-order valence-corrected chi connectivity index (χ2v) is 4.76. The lowest BCUT2D eigenvalue weighted by Gasteiger charge is -2.17. The molecule has 20 heavy (non-hydrogen) atoms. The SMILES string of the molecule is CCOc1ccc(Cl)cc1C=C1C(=O)NC(=S)NC1=O. The van der Waals surface area contributed by atoms with Crippen LogP contribution in [0.4, 0.5) is 0 Å². The summed E-state index contributed by atoms with van der Waals surface area (Å²) in [6, 6.07) is 4.97. The average Bonchev–Trinajstić information content (AvgIpc) is 2.37. The quantitative estimate of drug-likeness (QED) is 0.506. The van der Waals surface area contributed by atoms with Crippen molar-refractivity contribution in [2.45, 2.75) is 6.92 Å². The van der Waals surface area contributed by atoms with Gasteiger partial charge in [0.25, 0.3) is 11.8 Å². The largest absolute Gasteiger partial charge is 0.493 e. The predicted molar refractivity (Wildman–Crippen MR) is 79.5 cm³/mol. The Morgan fingerprint density at radius 2 is 1.95 bits per heavy atom. The maximum Gasteiger partial charge on any atom is 0.263 e. The van der Waals surface area contributed by atoms with Gasteiger partial charge >= 0.3 is 0 Å². The van der Waals surface area contributed by atoms with E-state index in [0.717, 1.165) is 0 Å². The predicted octanol–water partition coefficient (Wildman–Crippen LogP) is 1.65. The standard InChI is InChI=1S/C13H11ClN2O3S/c1-2-19-10-4-3-8(14)5-7(10)6-9-11(17)15-13(20)16-12(9)18/h3-6H,2H2,1H3,(H2,15,16,17,18,20). The lowest BCUT2D eigenvalue weighted by atomic mass is 10.1. The van der Waals surface area contributed by atoms with Gasteiger partial charge in [0.05, 0.1) is 6.61 Å². The van der Waals surface area contributed by atoms with Gasteiger partial charge in [-0.1, -0.05) is 11.6 Å². The molecule has 1 aromatic rings. The van der Waals surface area contributed by atoms with Crippen LogP contribution in [0.2, 0.25) is 5.02 Å². The number of benzene rings is 1. The van der Waals surface area contributed by atoms with Gasteiger partial charge in [0.1, 0.15) is 11.3 Å². The van der Waals surface area contributed by atoms with Crippen LogP contribution in [-0.4, -0.2) is 23.5 Å². The van der Waals surface area contributed by atoms with Crippen molar-refractivity contribution in [3.63, 3.8) is 0 Å². The van der Waals surface area contributed by atoms with E-state index >= 15 is 0 Å². The van der Waals surface area contributed by atoms with Crippen molar-refractivity contribution in [2.75, 3.05) is 6.61 Å². The van der Waals surface area contributed by atoms with E-state index < -0.39 is 11.8 Å². The molecule has 0 aliphatic carbocycles. The lowest BCUT2D eigenvalue weighted by Crippen LogP contribution is -2.51. The molecule has 1 heterocycles. The number of carbonyl (C=O) groups excluding carboxylic acids is 2. The smallest absolute Gasteiger partial charge is 0.263 e. The molecule has 5 nitrogen and oxygen atoms in total. The summed E-state index contributed by atoms with van der Waals surface area (Å²) in [5.41, 5.74) is 0.495. The van der Waals surface area contributed by atoms with Gasteiger partial charge in [0, 0.05) is 10.6 Å². The zero-order valence-corrected chi connectivity index (χ0v) is 12.1. The first-order valence-electron chi connectivity index (χ1n) is 5.82. The number of thiocarbonyl (C=S) groups is 1. The Balaban J connectivity index is 2.43. The van der Waals surface area contributed by atoms with Crippen molar-refractivity contribution >= 4 is 46.8 Å². The zero-order valence-electron chi connectivity index (χ0n) is 10.5. The molecule has 2 N–H and O–H groups in total. The molecular formula is C13H11ClN2O3S. The van der Waals surface area contributed by atoms with E-state index in [1.165, 1.54) is 6.08 Å². The highest BCUT2D eigenvalue weighted by Gasteiger charge is 2.26. The highest BCUT2D eigenvalue weighted by Crippen LogP contribution is 2.25. The monoisotopic (exact) mass is 310 g/mol. The minimum Gasteiger partial charge on any atom is -0.493 e. The Morgan fingerprint density at radius 1 is 1.30 bits per heavy atom. The van der Waals surface area contributed by atoms with E-state index in [1.54, 1.807) is 18.2 Å². The number of hydrogen-bond donors (Lipinski definition) is 2. The van der Waals surface area contributed by atoms with Gasteiger partial charge in [0.2, 0.25) is 0 Å². The highest BCUT2D eigenvalue weighted by atomic mass is 35.5. The maximum atomic E-state index is 11.8. The first kappa shape index (κ1) is 14.5. The van der Waals surface area contributed by atoms with Gasteiger partial charge in [-0.25, -0.2) is 0 Å². The molecule has 1 aromatic carbocycles. The van der Waals surface area contributed by atoms with E-state index in [0.29, 0.717) is 22.9 Å². The summed E-state index contributed by atoms with van der Waals surface area (Å²) in [4.78, 5) is 23.5. The third-order valence-corrected chi connectivity index (χ3v) is 2.95. The molecule has 0 radical (unpaired) electrons. The molecule has 7 heteroatoms. The van der Waals surface area contributed by atoms with E-state index in [2.05, 4.69) is 10.6 Å².